The predicted molar refractivity (Wildman–Crippen MR) is 109 cm³/mol. The molecule has 0 fully saturated rings. The summed E-state index contributed by atoms with van der Waals surface area (Å²) in [7, 11) is 0. The van der Waals surface area contributed by atoms with E-state index in [1.54, 1.807) is 18.2 Å². The van der Waals surface area contributed by atoms with Gasteiger partial charge in [-0.1, -0.05) is 17.7 Å². The van der Waals surface area contributed by atoms with Gasteiger partial charge in [-0.3, -0.25) is 14.2 Å². The van der Waals surface area contributed by atoms with E-state index < -0.39 is 22.9 Å². The maximum atomic E-state index is 12.8. The van der Waals surface area contributed by atoms with Gasteiger partial charge in [0.15, 0.2) is 5.56 Å². The van der Waals surface area contributed by atoms with Crippen molar-refractivity contribution in [1.82, 2.24) is 29.9 Å². The molecule has 3 heterocycles. The highest BCUT2D eigenvalue weighted by Crippen LogP contribution is 2.36. The number of nitrogens with zero attached hydrogens (tertiary/aromatic N) is 6. The smallest absolute Gasteiger partial charge is 0.270 e. The van der Waals surface area contributed by atoms with Crippen LogP contribution in [0.4, 0.5) is 5.69 Å². The second-order valence-electron chi connectivity index (χ2n) is 6.27. The van der Waals surface area contributed by atoms with Gasteiger partial charge in [0.05, 0.1) is 10.7 Å². The summed E-state index contributed by atoms with van der Waals surface area (Å²) in [5.41, 5.74) is -0.768. The zero-order valence-electron chi connectivity index (χ0n) is 15.2. The molecule has 1 aliphatic heterocycles. The van der Waals surface area contributed by atoms with Gasteiger partial charge in [0, 0.05) is 17.9 Å². The average molecular weight is 466 g/mol. The first-order chi connectivity index (χ1) is 14.4. The molecule has 30 heavy (non-hydrogen) atoms. The van der Waals surface area contributed by atoms with Gasteiger partial charge in [0.2, 0.25) is 11.0 Å². The molecule has 3 aromatic rings. The van der Waals surface area contributed by atoms with Crippen LogP contribution in [-0.4, -0.2) is 41.0 Å². The molecule has 1 aliphatic rings. The summed E-state index contributed by atoms with van der Waals surface area (Å²) in [6.07, 6.45) is 2.26. The van der Waals surface area contributed by atoms with Crippen LogP contribution in [-0.2, 0) is 13.0 Å². The van der Waals surface area contributed by atoms with Gasteiger partial charge in [-0.25, -0.2) is 0 Å². The first kappa shape index (κ1) is 20.5. The molecule has 2 aromatic heterocycles. The number of nitrogens with one attached hydrogen (secondary N) is 1. The van der Waals surface area contributed by atoms with Gasteiger partial charge in [-0.2, -0.15) is 4.98 Å². The average Bonchev–Trinajstić information content (AvgIpc) is 2.72. The number of aromatic nitrogens is 6. The van der Waals surface area contributed by atoms with Crippen LogP contribution in [0.5, 0.6) is 5.88 Å². The SMILES string of the molecule is O=C(Nc1cccc(Sc2nnc(Cl)nn2)c1Cl)c1c(O)nc2n(c1=O)CCCC2. The summed E-state index contributed by atoms with van der Waals surface area (Å²) < 4.78 is 1.42. The van der Waals surface area contributed by atoms with E-state index in [0.29, 0.717) is 23.7 Å². The molecule has 0 spiro atoms. The van der Waals surface area contributed by atoms with Crippen LogP contribution in [0.15, 0.2) is 33.0 Å². The molecule has 1 amide bonds. The number of carbonyl (C=O) groups is 1. The van der Waals surface area contributed by atoms with Crippen molar-refractivity contribution >= 4 is 46.6 Å². The van der Waals surface area contributed by atoms with E-state index in [1.807, 2.05) is 0 Å². The van der Waals surface area contributed by atoms with Crippen molar-refractivity contribution in [3.63, 3.8) is 0 Å². The molecule has 0 unspecified atom stereocenters. The summed E-state index contributed by atoms with van der Waals surface area (Å²) in [6, 6.07) is 4.90. The minimum absolute atomic E-state index is 0.0868. The number of aromatic hydroxyl groups is 1. The minimum Gasteiger partial charge on any atom is -0.493 e. The number of benzene rings is 1. The van der Waals surface area contributed by atoms with Crippen molar-refractivity contribution in [2.75, 3.05) is 5.32 Å². The Kier molecular flexibility index (Phi) is 5.84. The molecular formula is C17H13Cl2N7O3S. The molecular weight excluding hydrogens is 453 g/mol. The fourth-order valence-electron chi connectivity index (χ4n) is 2.98. The van der Waals surface area contributed by atoms with Crippen LogP contribution < -0.4 is 10.9 Å². The third-order valence-corrected chi connectivity index (χ3v) is 5.91. The summed E-state index contributed by atoms with van der Waals surface area (Å²) in [5, 5.41) is 27.8. The van der Waals surface area contributed by atoms with Crippen LogP contribution in [0, 0.1) is 0 Å². The van der Waals surface area contributed by atoms with E-state index in [9.17, 15) is 14.7 Å². The Balaban J connectivity index is 1.61. The highest BCUT2D eigenvalue weighted by atomic mass is 35.5. The molecule has 154 valence electrons. The van der Waals surface area contributed by atoms with Gasteiger partial charge in [-0.15, -0.1) is 20.4 Å². The quantitative estimate of drug-likeness (QED) is 0.595. The van der Waals surface area contributed by atoms with Crippen LogP contribution in [0.1, 0.15) is 29.0 Å². The Hall–Kier alpha value is -2.76. The Bertz CT molecular complexity index is 1190. The lowest BCUT2D eigenvalue weighted by Crippen LogP contribution is -2.34. The topological polar surface area (TPSA) is 136 Å². The maximum absolute atomic E-state index is 12.8. The molecule has 2 N–H and O–H groups in total. The molecule has 1 aromatic carbocycles. The molecule has 0 atom stereocenters. The molecule has 0 radical (unpaired) electrons. The van der Waals surface area contributed by atoms with Crippen molar-refractivity contribution in [3.05, 3.63) is 50.2 Å². The first-order valence-electron chi connectivity index (χ1n) is 8.77. The van der Waals surface area contributed by atoms with E-state index in [2.05, 4.69) is 30.7 Å². The second kappa shape index (κ2) is 8.54. The summed E-state index contributed by atoms with van der Waals surface area (Å²) >= 11 is 13.0. The van der Waals surface area contributed by atoms with Crippen LogP contribution >= 0.6 is 35.0 Å². The van der Waals surface area contributed by atoms with Gasteiger partial charge in [0.25, 0.3) is 16.8 Å². The monoisotopic (exact) mass is 465 g/mol. The number of aryl methyl sites for hydroxylation is 1. The van der Waals surface area contributed by atoms with Gasteiger partial charge < -0.3 is 10.4 Å². The lowest BCUT2D eigenvalue weighted by molar-refractivity contribution is 0.102. The van der Waals surface area contributed by atoms with Gasteiger partial charge >= 0.3 is 0 Å². The number of hydrogen-bond donors (Lipinski definition) is 2. The number of amides is 1. The number of halogens is 2. The predicted octanol–water partition coefficient (Wildman–Crippen LogP) is 2.58. The van der Waals surface area contributed by atoms with E-state index >= 15 is 0 Å². The van der Waals surface area contributed by atoms with Crippen molar-refractivity contribution in [2.24, 2.45) is 0 Å². The Morgan fingerprint density at radius 1 is 1.17 bits per heavy atom. The zero-order valence-corrected chi connectivity index (χ0v) is 17.5. The third-order valence-electron chi connectivity index (χ3n) is 4.34. The van der Waals surface area contributed by atoms with Crippen LogP contribution in [0.25, 0.3) is 0 Å². The fraction of sp³-hybridized carbons (Fsp3) is 0.235. The largest absolute Gasteiger partial charge is 0.493 e. The van der Waals surface area contributed by atoms with Crippen LogP contribution in [0.3, 0.4) is 0 Å². The Morgan fingerprint density at radius 3 is 2.70 bits per heavy atom. The Morgan fingerprint density at radius 2 is 1.93 bits per heavy atom. The van der Waals surface area contributed by atoms with Crippen molar-refractivity contribution < 1.29 is 9.90 Å². The number of hydrogen-bond acceptors (Lipinski definition) is 9. The van der Waals surface area contributed by atoms with Crippen LogP contribution in [0.2, 0.25) is 10.3 Å². The standard InChI is InChI=1S/C17H13Cl2N7O3S/c18-12-8(4-3-5-9(12)30-17-24-22-16(19)23-25-17)20-13(27)11-14(28)21-10-6-1-2-7-26(10)15(11)29/h3-5,28H,1-2,6-7H2,(H,20,27). The minimum atomic E-state index is -0.805. The first-order valence-corrected chi connectivity index (χ1v) is 10.3. The van der Waals surface area contributed by atoms with Crippen molar-refractivity contribution in [3.8, 4) is 5.88 Å². The number of rotatable bonds is 4. The number of carbonyl (C=O) groups excluding carboxylic acids is 1. The summed E-state index contributed by atoms with van der Waals surface area (Å²) in [6.45, 7) is 0.456. The van der Waals surface area contributed by atoms with E-state index in [1.165, 1.54) is 4.57 Å². The highest BCUT2D eigenvalue weighted by Gasteiger charge is 2.24. The molecule has 0 bridgehead atoms. The van der Waals surface area contributed by atoms with E-state index in [-0.39, 0.29) is 21.2 Å². The van der Waals surface area contributed by atoms with Gasteiger partial charge in [0.1, 0.15) is 5.82 Å². The highest BCUT2D eigenvalue weighted by molar-refractivity contribution is 7.99. The molecule has 13 heteroatoms. The zero-order chi connectivity index (χ0) is 21.3. The Labute approximate surface area is 183 Å². The lowest BCUT2D eigenvalue weighted by Gasteiger charge is -2.18. The second-order valence-corrected chi connectivity index (χ2v) is 7.99. The molecule has 4 rings (SSSR count). The molecule has 10 nitrogen and oxygen atoms in total. The van der Waals surface area contributed by atoms with Gasteiger partial charge in [-0.05, 0) is 48.3 Å². The van der Waals surface area contributed by atoms with E-state index in [0.717, 1.165) is 24.6 Å². The van der Waals surface area contributed by atoms with Crippen molar-refractivity contribution in [1.29, 1.82) is 0 Å². The normalized spacial score (nSPS) is 13.0. The van der Waals surface area contributed by atoms with E-state index in [4.69, 9.17) is 23.2 Å². The molecule has 0 saturated heterocycles. The molecule has 0 saturated carbocycles. The fourth-order valence-corrected chi connectivity index (χ4v) is 4.05. The number of anilines is 1. The lowest BCUT2D eigenvalue weighted by atomic mass is 10.1. The maximum Gasteiger partial charge on any atom is 0.270 e. The third kappa shape index (κ3) is 4.09. The molecule has 0 aliphatic carbocycles. The number of fused-ring (bicyclic) bond motifs is 1. The summed E-state index contributed by atoms with van der Waals surface area (Å²) in [5.74, 6) is -0.929. The van der Waals surface area contributed by atoms with Crippen molar-refractivity contribution in [2.45, 2.75) is 35.9 Å². The summed E-state index contributed by atoms with van der Waals surface area (Å²) in [4.78, 5) is 30.0.